The summed E-state index contributed by atoms with van der Waals surface area (Å²) in [6, 6.07) is 2.74. The summed E-state index contributed by atoms with van der Waals surface area (Å²) in [7, 11) is 3.10. The first-order valence-corrected chi connectivity index (χ1v) is 14.4. The second kappa shape index (κ2) is 13.0. The summed E-state index contributed by atoms with van der Waals surface area (Å²) in [6.07, 6.45) is 2.53. The van der Waals surface area contributed by atoms with Crippen LogP contribution in [0.5, 0.6) is 5.75 Å². The molecule has 0 N–H and O–H groups in total. The number of hydrogen-bond acceptors (Lipinski definition) is 6. The van der Waals surface area contributed by atoms with Gasteiger partial charge in [-0.3, -0.25) is 24.1 Å². The van der Waals surface area contributed by atoms with Gasteiger partial charge in [-0.25, -0.2) is 4.39 Å². The molecule has 0 spiro atoms. The maximum atomic E-state index is 14.4. The lowest BCUT2D eigenvalue weighted by atomic mass is 10.1. The number of ether oxygens (including phenoxy) is 1. The van der Waals surface area contributed by atoms with E-state index in [1.165, 1.54) is 29.0 Å². The Morgan fingerprint density at radius 3 is 2.45 bits per heavy atom. The maximum Gasteiger partial charge on any atom is 0.258 e. The Hall–Kier alpha value is -3.21. The van der Waals surface area contributed by atoms with E-state index in [0.29, 0.717) is 26.1 Å². The van der Waals surface area contributed by atoms with Gasteiger partial charge in [0.1, 0.15) is 24.2 Å². The zero-order valence-corrected chi connectivity index (χ0v) is 24.1. The highest BCUT2D eigenvalue weighted by molar-refractivity contribution is 5.99. The molecule has 11 heteroatoms. The minimum atomic E-state index is -0.905. The van der Waals surface area contributed by atoms with Crippen molar-refractivity contribution < 1.29 is 28.3 Å². The summed E-state index contributed by atoms with van der Waals surface area (Å²) in [5.41, 5.74) is 0.0104. The number of amides is 4. The maximum absolute atomic E-state index is 14.4. The van der Waals surface area contributed by atoms with Crippen LogP contribution in [0.3, 0.4) is 0 Å². The van der Waals surface area contributed by atoms with Crippen molar-refractivity contribution >= 4 is 23.6 Å². The topological polar surface area (TPSA) is 93.7 Å². The minimum Gasteiger partial charge on any atom is -0.491 e. The van der Waals surface area contributed by atoms with Gasteiger partial charge in [0.25, 0.3) is 5.91 Å². The molecule has 2 fully saturated rings. The minimum absolute atomic E-state index is 0.0103. The second-order valence-electron chi connectivity index (χ2n) is 11.0. The summed E-state index contributed by atoms with van der Waals surface area (Å²) in [5, 5.41) is 0. The van der Waals surface area contributed by atoms with E-state index < -0.39 is 17.8 Å². The van der Waals surface area contributed by atoms with Crippen LogP contribution in [0.2, 0.25) is 0 Å². The van der Waals surface area contributed by atoms with Crippen molar-refractivity contribution in [3.63, 3.8) is 0 Å². The van der Waals surface area contributed by atoms with Crippen LogP contribution in [0, 0.1) is 5.82 Å². The fourth-order valence-electron chi connectivity index (χ4n) is 6.14. The number of nitrogens with zero attached hydrogens (tertiary/aromatic N) is 5. The molecule has 3 heterocycles. The average Bonchev–Trinajstić information content (AvgIpc) is 3.63. The van der Waals surface area contributed by atoms with Crippen molar-refractivity contribution in [1.29, 1.82) is 0 Å². The molecule has 0 aliphatic carbocycles. The predicted octanol–water partition coefficient (Wildman–Crippen LogP) is 1.83. The molecule has 4 rings (SSSR count). The smallest absolute Gasteiger partial charge is 0.258 e. The van der Waals surface area contributed by atoms with E-state index in [9.17, 15) is 23.6 Å². The highest BCUT2D eigenvalue weighted by atomic mass is 19.1. The lowest BCUT2D eigenvalue weighted by molar-refractivity contribution is -0.141. The van der Waals surface area contributed by atoms with Crippen LogP contribution in [0.4, 0.5) is 4.39 Å². The summed E-state index contributed by atoms with van der Waals surface area (Å²) in [4.78, 5) is 62.3. The highest BCUT2D eigenvalue weighted by Crippen LogP contribution is 2.28. The van der Waals surface area contributed by atoms with E-state index in [2.05, 4.69) is 18.7 Å². The standard InChI is InChI=1S/C29H42FN5O5/c1-5-33(6-2)21-16-22-19-40-25-11-9-20(30)15-23(25)28(38)32(4)24(29(39)34-13-7-8-14-34)10-12-26(36)31(3)18-27(37)35(22)17-21/h9,11,15,21-22,24H,5-8,10,12-14,16-19H2,1-4H3/t21-,22-,24-/m0/s1. The monoisotopic (exact) mass is 559 g/mol. The molecule has 0 unspecified atom stereocenters. The molecule has 4 amide bonds. The molecule has 0 bridgehead atoms. The van der Waals surface area contributed by atoms with Crippen molar-refractivity contribution in [3.8, 4) is 5.75 Å². The number of likely N-dealkylation sites (N-methyl/N-ethyl adjacent to an activating group) is 3. The Labute approximate surface area is 236 Å². The molecule has 3 aliphatic rings. The Kier molecular flexibility index (Phi) is 9.65. The van der Waals surface area contributed by atoms with Crippen molar-refractivity contribution in [3.05, 3.63) is 29.6 Å². The van der Waals surface area contributed by atoms with Crippen LogP contribution in [0.1, 0.15) is 56.3 Å². The number of likely N-dealkylation sites (tertiary alicyclic amines) is 1. The van der Waals surface area contributed by atoms with E-state index in [-0.39, 0.29) is 67.1 Å². The number of carbonyl (C=O) groups is 4. The van der Waals surface area contributed by atoms with Crippen LogP contribution >= 0.6 is 0 Å². The number of hydrogen-bond donors (Lipinski definition) is 0. The summed E-state index contributed by atoms with van der Waals surface area (Å²) in [6.45, 7) is 7.60. The number of rotatable bonds is 4. The molecule has 3 atom stereocenters. The van der Waals surface area contributed by atoms with Gasteiger partial charge in [-0.1, -0.05) is 13.8 Å². The summed E-state index contributed by atoms with van der Waals surface area (Å²) in [5.74, 6) is -1.63. The van der Waals surface area contributed by atoms with Gasteiger partial charge in [0.15, 0.2) is 0 Å². The first-order valence-electron chi connectivity index (χ1n) is 14.4. The SMILES string of the molecule is CCN(CC)[C@H]1C[C@H]2COc3ccc(F)cc3C(=O)N(C)[C@H](C(=O)N3CCCC3)CCC(=O)N(C)CC(=O)N2C1. The van der Waals surface area contributed by atoms with Gasteiger partial charge in [-0.15, -0.1) is 0 Å². The van der Waals surface area contributed by atoms with Crippen molar-refractivity contribution in [2.45, 2.75) is 64.1 Å². The number of halogens is 1. The molecule has 2 saturated heterocycles. The first-order chi connectivity index (χ1) is 19.1. The zero-order valence-electron chi connectivity index (χ0n) is 24.1. The first kappa shape index (κ1) is 29.8. The Balaban J connectivity index is 1.68. The molecule has 0 saturated carbocycles. The van der Waals surface area contributed by atoms with E-state index in [4.69, 9.17) is 4.74 Å². The summed E-state index contributed by atoms with van der Waals surface area (Å²) >= 11 is 0. The van der Waals surface area contributed by atoms with E-state index in [1.54, 1.807) is 16.8 Å². The summed E-state index contributed by atoms with van der Waals surface area (Å²) < 4.78 is 20.5. The molecule has 40 heavy (non-hydrogen) atoms. The number of fused-ring (bicyclic) bond motifs is 2. The van der Waals surface area contributed by atoms with Gasteiger partial charge in [0.2, 0.25) is 17.7 Å². The largest absolute Gasteiger partial charge is 0.491 e. The molecule has 0 radical (unpaired) electrons. The lowest BCUT2D eigenvalue weighted by Gasteiger charge is -2.31. The quantitative estimate of drug-likeness (QED) is 0.559. The van der Waals surface area contributed by atoms with Crippen LogP contribution in [-0.4, -0.2) is 126 Å². The lowest BCUT2D eigenvalue weighted by Crippen LogP contribution is -2.49. The third kappa shape index (κ3) is 6.40. The van der Waals surface area contributed by atoms with E-state index in [1.807, 2.05) is 0 Å². The van der Waals surface area contributed by atoms with Crippen molar-refractivity contribution in [2.75, 3.05) is 60.0 Å². The normalized spacial score (nSPS) is 25.1. The van der Waals surface area contributed by atoms with Gasteiger partial charge < -0.3 is 24.3 Å². The van der Waals surface area contributed by atoms with E-state index in [0.717, 1.165) is 32.0 Å². The zero-order chi connectivity index (χ0) is 29.0. The molecule has 10 nitrogen and oxygen atoms in total. The third-order valence-corrected chi connectivity index (χ3v) is 8.57. The number of carbonyl (C=O) groups excluding carboxylic acids is 4. The third-order valence-electron chi connectivity index (χ3n) is 8.57. The fraction of sp³-hybridized carbons (Fsp3) is 0.655. The van der Waals surface area contributed by atoms with Gasteiger partial charge >= 0.3 is 0 Å². The van der Waals surface area contributed by atoms with Gasteiger partial charge in [-0.2, -0.15) is 0 Å². The fourth-order valence-corrected chi connectivity index (χ4v) is 6.14. The van der Waals surface area contributed by atoms with Crippen LogP contribution < -0.4 is 4.74 Å². The van der Waals surface area contributed by atoms with Crippen molar-refractivity contribution in [1.82, 2.24) is 24.5 Å². The Bertz CT molecular complexity index is 1110. The van der Waals surface area contributed by atoms with Crippen molar-refractivity contribution in [2.24, 2.45) is 0 Å². The molecule has 3 aliphatic heterocycles. The highest BCUT2D eigenvalue weighted by Gasteiger charge is 2.39. The molecule has 0 aromatic heterocycles. The second-order valence-corrected chi connectivity index (χ2v) is 11.0. The van der Waals surface area contributed by atoms with E-state index >= 15 is 0 Å². The Morgan fingerprint density at radius 2 is 1.77 bits per heavy atom. The predicted molar refractivity (Wildman–Crippen MR) is 147 cm³/mol. The molecule has 1 aromatic rings. The van der Waals surface area contributed by atoms with Gasteiger partial charge in [-0.05, 0) is 57.0 Å². The Morgan fingerprint density at radius 1 is 1.07 bits per heavy atom. The average molecular weight is 560 g/mol. The van der Waals surface area contributed by atoms with Crippen LogP contribution in [0.25, 0.3) is 0 Å². The van der Waals surface area contributed by atoms with Gasteiger partial charge in [0, 0.05) is 46.2 Å². The molecular formula is C29H42FN5O5. The van der Waals surface area contributed by atoms with Crippen LogP contribution in [0.15, 0.2) is 18.2 Å². The van der Waals surface area contributed by atoms with Gasteiger partial charge in [0.05, 0.1) is 18.2 Å². The molecule has 1 aromatic carbocycles. The number of benzene rings is 1. The van der Waals surface area contributed by atoms with Crippen LogP contribution in [-0.2, 0) is 14.4 Å². The molecule has 220 valence electrons. The molecular weight excluding hydrogens is 517 g/mol.